The van der Waals surface area contributed by atoms with Crippen molar-refractivity contribution in [2.24, 2.45) is 0 Å². The lowest BCUT2D eigenvalue weighted by Gasteiger charge is -2.05. The Bertz CT molecular complexity index is 742. The second-order valence-corrected chi connectivity index (χ2v) is 5.07. The van der Waals surface area contributed by atoms with Gasteiger partial charge in [0.1, 0.15) is 0 Å². The molecule has 1 heterocycles. The first-order chi connectivity index (χ1) is 9.74. The van der Waals surface area contributed by atoms with Crippen molar-refractivity contribution in [3.63, 3.8) is 0 Å². The maximum absolute atomic E-state index is 6.05. The third-order valence-corrected chi connectivity index (χ3v) is 3.64. The molecule has 3 rings (SSSR count). The van der Waals surface area contributed by atoms with Crippen molar-refractivity contribution in [1.82, 2.24) is 9.97 Å². The molecular weight excluding hydrogens is 291 g/mol. The van der Waals surface area contributed by atoms with Crippen molar-refractivity contribution >= 4 is 23.2 Å². The fraction of sp³-hybridized carbons (Fsp3) is 0. The van der Waals surface area contributed by atoms with Gasteiger partial charge in [-0.15, -0.1) is 0 Å². The Hall–Kier alpha value is -1.90. The molecule has 98 valence electrons. The third kappa shape index (κ3) is 2.67. The second kappa shape index (κ2) is 5.61. The number of halogens is 2. The Morgan fingerprint density at radius 1 is 0.750 bits per heavy atom. The van der Waals surface area contributed by atoms with E-state index >= 15 is 0 Å². The molecule has 0 aliphatic rings. The number of aromatic nitrogens is 2. The summed E-state index contributed by atoms with van der Waals surface area (Å²) in [6, 6.07) is 17.2. The van der Waals surface area contributed by atoms with Gasteiger partial charge in [0.05, 0.1) is 15.7 Å². The van der Waals surface area contributed by atoms with Gasteiger partial charge in [0.15, 0.2) is 5.82 Å². The summed E-state index contributed by atoms with van der Waals surface area (Å²) in [7, 11) is 0. The van der Waals surface area contributed by atoms with E-state index in [0.29, 0.717) is 15.9 Å². The summed E-state index contributed by atoms with van der Waals surface area (Å²) in [6.07, 6.45) is 1.74. The molecule has 0 aliphatic heterocycles. The van der Waals surface area contributed by atoms with Crippen molar-refractivity contribution < 1.29 is 0 Å². The van der Waals surface area contributed by atoms with Crippen molar-refractivity contribution in [2.75, 3.05) is 0 Å². The summed E-state index contributed by atoms with van der Waals surface area (Å²) in [5, 5.41) is 1.05. The van der Waals surface area contributed by atoms with E-state index < -0.39 is 0 Å². The van der Waals surface area contributed by atoms with E-state index in [9.17, 15) is 0 Å². The van der Waals surface area contributed by atoms with Crippen LogP contribution in [0.25, 0.3) is 22.6 Å². The smallest absolute Gasteiger partial charge is 0.159 e. The van der Waals surface area contributed by atoms with Crippen molar-refractivity contribution in [3.8, 4) is 22.6 Å². The van der Waals surface area contributed by atoms with E-state index in [-0.39, 0.29) is 0 Å². The average molecular weight is 301 g/mol. The maximum Gasteiger partial charge on any atom is 0.159 e. The van der Waals surface area contributed by atoms with Gasteiger partial charge in [0, 0.05) is 17.3 Å². The van der Waals surface area contributed by atoms with Crippen LogP contribution < -0.4 is 0 Å². The summed E-state index contributed by atoms with van der Waals surface area (Å²) in [4.78, 5) is 8.88. The molecule has 0 atom stereocenters. The van der Waals surface area contributed by atoms with Crippen LogP contribution in [0.15, 0.2) is 60.8 Å². The Labute approximate surface area is 127 Å². The number of rotatable bonds is 2. The zero-order valence-corrected chi connectivity index (χ0v) is 11.9. The van der Waals surface area contributed by atoms with Crippen LogP contribution in [0.4, 0.5) is 0 Å². The van der Waals surface area contributed by atoms with Gasteiger partial charge in [-0.1, -0.05) is 59.6 Å². The third-order valence-electron chi connectivity index (χ3n) is 2.90. The molecular formula is C16H10Cl2N2. The van der Waals surface area contributed by atoms with Gasteiger partial charge in [-0.2, -0.15) is 0 Å². The first kappa shape index (κ1) is 13.1. The average Bonchev–Trinajstić information content (AvgIpc) is 2.51. The van der Waals surface area contributed by atoms with Crippen LogP contribution in [0.2, 0.25) is 10.0 Å². The van der Waals surface area contributed by atoms with Gasteiger partial charge in [-0.25, -0.2) is 9.97 Å². The van der Waals surface area contributed by atoms with Gasteiger partial charge < -0.3 is 0 Å². The molecule has 4 heteroatoms. The standard InChI is InChI=1S/C16H10Cl2N2/c17-13-7-6-12(10-14(13)18)15-8-9-19-16(20-15)11-4-2-1-3-5-11/h1-10H. The molecule has 0 saturated heterocycles. The SMILES string of the molecule is Clc1ccc(-c2ccnc(-c3ccccc3)n2)cc1Cl. The maximum atomic E-state index is 6.05. The van der Waals surface area contributed by atoms with Crippen molar-refractivity contribution in [2.45, 2.75) is 0 Å². The summed E-state index contributed by atoms with van der Waals surface area (Å²) in [5.74, 6) is 0.689. The molecule has 1 aromatic heterocycles. The molecule has 0 radical (unpaired) electrons. The summed E-state index contributed by atoms with van der Waals surface area (Å²) in [5.41, 5.74) is 2.71. The van der Waals surface area contributed by atoms with E-state index in [1.807, 2.05) is 42.5 Å². The first-order valence-corrected chi connectivity index (χ1v) is 6.83. The minimum atomic E-state index is 0.518. The molecule has 0 aliphatic carbocycles. The largest absolute Gasteiger partial charge is 0.237 e. The number of benzene rings is 2. The Morgan fingerprint density at radius 2 is 1.55 bits per heavy atom. The molecule has 0 amide bonds. The minimum Gasteiger partial charge on any atom is -0.237 e. The first-order valence-electron chi connectivity index (χ1n) is 6.08. The van der Waals surface area contributed by atoms with Crippen LogP contribution in [0, 0.1) is 0 Å². The van der Waals surface area contributed by atoms with Gasteiger partial charge in [0.25, 0.3) is 0 Å². The van der Waals surface area contributed by atoms with Crippen LogP contribution >= 0.6 is 23.2 Å². The van der Waals surface area contributed by atoms with E-state index in [1.165, 1.54) is 0 Å². The normalized spacial score (nSPS) is 10.5. The quantitative estimate of drug-likeness (QED) is 0.656. The molecule has 20 heavy (non-hydrogen) atoms. The molecule has 0 unspecified atom stereocenters. The monoisotopic (exact) mass is 300 g/mol. The van der Waals surface area contributed by atoms with E-state index in [1.54, 1.807) is 18.3 Å². The topological polar surface area (TPSA) is 25.8 Å². The zero-order chi connectivity index (χ0) is 13.9. The molecule has 2 nitrogen and oxygen atoms in total. The Balaban J connectivity index is 2.05. The molecule has 3 aromatic rings. The van der Waals surface area contributed by atoms with Crippen molar-refractivity contribution in [1.29, 1.82) is 0 Å². The molecule has 0 saturated carbocycles. The van der Waals surface area contributed by atoms with Crippen LogP contribution in [0.5, 0.6) is 0 Å². The van der Waals surface area contributed by atoms with Crippen molar-refractivity contribution in [3.05, 3.63) is 70.8 Å². The minimum absolute atomic E-state index is 0.518. The van der Waals surface area contributed by atoms with Gasteiger partial charge in [0.2, 0.25) is 0 Å². The summed E-state index contributed by atoms with van der Waals surface area (Å²) < 4.78 is 0. The highest BCUT2D eigenvalue weighted by Crippen LogP contribution is 2.28. The highest BCUT2D eigenvalue weighted by molar-refractivity contribution is 6.42. The van der Waals surface area contributed by atoms with Gasteiger partial charge in [-0.05, 0) is 18.2 Å². The fourth-order valence-corrected chi connectivity index (χ4v) is 2.20. The highest BCUT2D eigenvalue weighted by atomic mass is 35.5. The predicted octanol–water partition coefficient (Wildman–Crippen LogP) is 5.12. The van der Waals surface area contributed by atoms with E-state index in [4.69, 9.17) is 23.2 Å². The molecule has 0 fully saturated rings. The Morgan fingerprint density at radius 3 is 2.30 bits per heavy atom. The van der Waals surface area contributed by atoms with E-state index in [0.717, 1.165) is 16.8 Å². The van der Waals surface area contributed by atoms with Crippen LogP contribution in [0.3, 0.4) is 0 Å². The summed E-state index contributed by atoms with van der Waals surface area (Å²) in [6.45, 7) is 0. The van der Waals surface area contributed by atoms with Crippen LogP contribution in [-0.4, -0.2) is 9.97 Å². The molecule has 2 aromatic carbocycles. The lowest BCUT2D eigenvalue weighted by atomic mass is 10.1. The number of hydrogen-bond acceptors (Lipinski definition) is 2. The van der Waals surface area contributed by atoms with Gasteiger partial charge in [-0.3, -0.25) is 0 Å². The van der Waals surface area contributed by atoms with Crippen LogP contribution in [0.1, 0.15) is 0 Å². The van der Waals surface area contributed by atoms with Gasteiger partial charge >= 0.3 is 0 Å². The summed E-state index contributed by atoms with van der Waals surface area (Å²) >= 11 is 12.0. The van der Waals surface area contributed by atoms with Crippen LogP contribution in [-0.2, 0) is 0 Å². The predicted molar refractivity (Wildman–Crippen MR) is 82.9 cm³/mol. The molecule has 0 bridgehead atoms. The fourth-order valence-electron chi connectivity index (χ4n) is 1.90. The number of hydrogen-bond donors (Lipinski definition) is 0. The zero-order valence-electron chi connectivity index (χ0n) is 10.4. The number of nitrogens with zero attached hydrogens (tertiary/aromatic N) is 2. The molecule has 0 N–H and O–H groups in total. The lowest BCUT2D eigenvalue weighted by molar-refractivity contribution is 1.18. The molecule has 0 spiro atoms. The van der Waals surface area contributed by atoms with E-state index in [2.05, 4.69) is 9.97 Å². The lowest BCUT2D eigenvalue weighted by Crippen LogP contribution is -1.91. The second-order valence-electron chi connectivity index (χ2n) is 4.26. The highest BCUT2D eigenvalue weighted by Gasteiger charge is 2.06. The Kier molecular flexibility index (Phi) is 3.68.